The smallest absolute Gasteiger partial charge is 0.223 e. The zero-order chi connectivity index (χ0) is 13.9. The lowest BCUT2D eigenvalue weighted by atomic mass is 10.0. The monoisotopic (exact) mass is 305 g/mol. The van der Waals surface area contributed by atoms with E-state index < -0.39 is 0 Å². The number of amides is 1. The molecule has 1 aliphatic rings. The van der Waals surface area contributed by atoms with Crippen molar-refractivity contribution in [1.82, 2.24) is 4.90 Å². The van der Waals surface area contributed by atoms with E-state index in [2.05, 4.69) is 40.8 Å². The van der Waals surface area contributed by atoms with Crippen molar-refractivity contribution in [3.63, 3.8) is 0 Å². The van der Waals surface area contributed by atoms with Gasteiger partial charge in [0.2, 0.25) is 5.91 Å². The summed E-state index contributed by atoms with van der Waals surface area (Å²) in [5, 5.41) is 4.24. The Morgan fingerprint density at radius 1 is 1.35 bits per heavy atom. The van der Waals surface area contributed by atoms with Crippen LogP contribution in [0.1, 0.15) is 41.1 Å². The van der Waals surface area contributed by atoms with Gasteiger partial charge in [-0.3, -0.25) is 4.79 Å². The zero-order valence-corrected chi connectivity index (χ0v) is 13.3. The van der Waals surface area contributed by atoms with Crippen molar-refractivity contribution < 1.29 is 4.79 Å². The van der Waals surface area contributed by atoms with Crippen LogP contribution in [0.15, 0.2) is 29.0 Å². The standard InChI is InChI=1S/C16H19NOS2/c1-12-14-8-11-20-15(14)7-9-17(12)16(18)6-2-4-13-5-3-10-19-13/h3,5,8,10-12H,2,4,6-7,9H2,1H3/t12-/m0/s1. The second-order valence-corrected chi connectivity index (χ2v) is 7.28. The summed E-state index contributed by atoms with van der Waals surface area (Å²) >= 11 is 3.60. The number of aryl methyl sites for hydroxylation is 1. The highest BCUT2D eigenvalue weighted by Gasteiger charge is 2.27. The van der Waals surface area contributed by atoms with Crippen molar-refractivity contribution in [2.45, 2.75) is 38.6 Å². The molecule has 1 aliphatic heterocycles. The van der Waals surface area contributed by atoms with E-state index in [0.29, 0.717) is 12.3 Å². The Balaban J connectivity index is 1.55. The molecule has 0 unspecified atom stereocenters. The van der Waals surface area contributed by atoms with Gasteiger partial charge in [-0.2, -0.15) is 0 Å². The van der Waals surface area contributed by atoms with E-state index in [1.165, 1.54) is 15.3 Å². The van der Waals surface area contributed by atoms with Crippen LogP contribution in [-0.2, 0) is 17.6 Å². The molecule has 2 nitrogen and oxygen atoms in total. The molecule has 2 aromatic heterocycles. The molecule has 0 N–H and O–H groups in total. The first kappa shape index (κ1) is 13.8. The van der Waals surface area contributed by atoms with E-state index in [1.807, 2.05) is 11.3 Å². The lowest BCUT2D eigenvalue weighted by Crippen LogP contribution is -2.38. The summed E-state index contributed by atoms with van der Waals surface area (Å²) in [6.45, 7) is 3.04. The van der Waals surface area contributed by atoms with Gasteiger partial charge >= 0.3 is 0 Å². The molecule has 0 radical (unpaired) electrons. The van der Waals surface area contributed by atoms with Gasteiger partial charge in [-0.1, -0.05) is 6.07 Å². The van der Waals surface area contributed by atoms with E-state index in [9.17, 15) is 4.79 Å². The van der Waals surface area contributed by atoms with Gasteiger partial charge in [0.15, 0.2) is 0 Å². The maximum Gasteiger partial charge on any atom is 0.223 e. The SMILES string of the molecule is C[C@H]1c2ccsc2CCN1C(=O)CCCc1cccs1. The quantitative estimate of drug-likeness (QED) is 0.825. The van der Waals surface area contributed by atoms with Crippen LogP contribution in [0.3, 0.4) is 0 Å². The van der Waals surface area contributed by atoms with Gasteiger partial charge in [-0.15, -0.1) is 22.7 Å². The van der Waals surface area contributed by atoms with Crippen LogP contribution in [0.2, 0.25) is 0 Å². The minimum atomic E-state index is 0.249. The van der Waals surface area contributed by atoms with Crippen LogP contribution in [0.5, 0.6) is 0 Å². The molecule has 20 heavy (non-hydrogen) atoms. The average Bonchev–Trinajstić information content (AvgIpc) is 3.09. The Labute approximate surface area is 128 Å². The van der Waals surface area contributed by atoms with Crippen molar-refractivity contribution in [2.24, 2.45) is 0 Å². The number of nitrogens with zero attached hydrogens (tertiary/aromatic N) is 1. The summed E-state index contributed by atoms with van der Waals surface area (Å²) in [5.41, 5.74) is 1.35. The number of carbonyl (C=O) groups is 1. The molecular formula is C16H19NOS2. The van der Waals surface area contributed by atoms with Crippen molar-refractivity contribution >= 4 is 28.6 Å². The topological polar surface area (TPSA) is 20.3 Å². The molecule has 3 heterocycles. The number of hydrogen-bond acceptors (Lipinski definition) is 3. The number of rotatable bonds is 4. The highest BCUT2D eigenvalue weighted by atomic mass is 32.1. The van der Waals surface area contributed by atoms with Crippen molar-refractivity contribution in [1.29, 1.82) is 0 Å². The molecule has 1 atom stereocenters. The lowest BCUT2D eigenvalue weighted by Gasteiger charge is -2.33. The maximum atomic E-state index is 12.4. The predicted molar refractivity (Wildman–Crippen MR) is 85.4 cm³/mol. The van der Waals surface area contributed by atoms with E-state index >= 15 is 0 Å². The number of fused-ring (bicyclic) bond motifs is 1. The Morgan fingerprint density at radius 2 is 2.25 bits per heavy atom. The van der Waals surface area contributed by atoms with Crippen LogP contribution in [0, 0.1) is 0 Å². The highest BCUT2D eigenvalue weighted by Crippen LogP contribution is 2.33. The fraction of sp³-hybridized carbons (Fsp3) is 0.438. The Morgan fingerprint density at radius 3 is 3.05 bits per heavy atom. The molecule has 0 bridgehead atoms. The molecule has 0 saturated heterocycles. The Hall–Kier alpha value is -1.13. The van der Waals surface area contributed by atoms with Crippen LogP contribution >= 0.6 is 22.7 Å². The molecular weight excluding hydrogens is 286 g/mol. The average molecular weight is 305 g/mol. The lowest BCUT2D eigenvalue weighted by molar-refractivity contribution is -0.133. The van der Waals surface area contributed by atoms with Gasteiger partial charge in [0.05, 0.1) is 6.04 Å². The summed E-state index contributed by atoms with van der Waals surface area (Å²) in [6, 6.07) is 6.65. The summed E-state index contributed by atoms with van der Waals surface area (Å²) < 4.78 is 0. The first-order valence-electron chi connectivity index (χ1n) is 7.14. The first-order valence-corrected chi connectivity index (χ1v) is 8.90. The number of hydrogen-bond donors (Lipinski definition) is 0. The summed E-state index contributed by atoms with van der Waals surface area (Å²) in [4.78, 5) is 17.3. The van der Waals surface area contributed by atoms with E-state index in [1.54, 1.807) is 11.3 Å². The molecule has 4 heteroatoms. The highest BCUT2D eigenvalue weighted by molar-refractivity contribution is 7.10. The normalized spacial score (nSPS) is 18.1. The van der Waals surface area contributed by atoms with E-state index in [-0.39, 0.29) is 6.04 Å². The molecule has 1 amide bonds. The van der Waals surface area contributed by atoms with Gasteiger partial charge in [-0.05, 0) is 54.6 Å². The second-order valence-electron chi connectivity index (χ2n) is 5.25. The summed E-state index contributed by atoms with van der Waals surface area (Å²) in [6.07, 6.45) is 3.67. The minimum Gasteiger partial charge on any atom is -0.336 e. The van der Waals surface area contributed by atoms with Crippen LogP contribution in [0.25, 0.3) is 0 Å². The molecule has 2 aromatic rings. The third-order valence-corrected chi connectivity index (χ3v) is 5.92. The van der Waals surface area contributed by atoms with Gasteiger partial charge in [0.1, 0.15) is 0 Å². The van der Waals surface area contributed by atoms with Crippen LogP contribution < -0.4 is 0 Å². The molecule has 106 valence electrons. The largest absolute Gasteiger partial charge is 0.336 e. The third kappa shape index (κ3) is 2.81. The maximum absolute atomic E-state index is 12.4. The molecule has 0 saturated carbocycles. The number of thiophene rings is 2. The van der Waals surface area contributed by atoms with Gasteiger partial charge in [0.25, 0.3) is 0 Å². The van der Waals surface area contributed by atoms with Gasteiger partial charge in [0, 0.05) is 22.7 Å². The fourth-order valence-electron chi connectivity index (χ4n) is 2.86. The second kappa shape index (κ2) is 6.10. The molecule has 0 aliphatic carbocycles. The molecule has 0 fully saturated rings. The third-order valence-electron chi connectivity index (χ3n) is 3.99. The van der Waals surface area contributed by atoms with Crippen molar-refractivity contribution in [3.8, 4) is 0 Å². The van der Waals surface area contributed by atoms with E-state index in [4.69, 9.17) is 0 Å². The molecule has 0 spiro atoms. The molecule has 0 aromatic carbocycles. The van der Waals surface area contributed by atoms with Crippen molar-refractivity contribution in [3.05, 3.63) is 44.3 Å². The van der Waals surface area contributed by atoms with Crippen LogP contribution in [0.4, 0.5) is 0 Å². The fourth-order valence-corrected chi connectivity index (χ4v) is 4.58. The van der Waals surface area contributed by atoms with Crippen LogP contribution in [-0.4, -0.2) is 17.4 Å². The van der Waals surface area contributed by atoms with E-state index in [0.717, 1.165) is 25.8 Å². The minimum absolute atomic E-state index is 0.249. The predicted octanol–water partition coefficient (Wildman–Crippen LogP) is 4.28. The summed E-state index contributed by atoms with van der Waals surface area (Å²) in [5.74, 6) is 0.311. The van der Waals surface area contributed by atoms with Gasteiger partial charge in [-0.25, -0.2) is 0 Å². The molecule has 3 rings (SSSR count). The Bertz CT molecular complexity index is 573. The Kier molecular flexibility index (Phi) is 4.22. The number of carbonyl (C=O) groups excluding carboxylic acids is 1. The van der Waals surface area contributed by atoms with Gasteiger partial charge < -0.3 is 4.90 Å². The van der Waals surface area contributed by atoms with Crippen molar-refractivity contribution in [2.75, 3.05) is 6.54 Å². The first-order chi connectivity index (χ1) is 9.75. The summed E-state index contributed by atoms with van der Waals surface area (Å²) in [7, 11) is 0. The zero-order valence-electron chi connectivity index (χ0n) is 11.7.